The van der Waals surface area contributed by atoms with E-state index in [0.717, 1.165) is 16.9 Å². The van der Waals surface area contributed by atoms with Crippen molar-refractivity contribution in [1.29, 1.82) is 0 Å². The van der Waals surface area contributed by atoms with Crippen LogP contribution in [-0.4, -0.2) is 24.0 Å². The number of para-hydroxylation sites is 1. The lowest BCUT2D eigenvalue weighted by atomic mass is 10.2. The van der Waals surface area contributed by atoms with Gasteiger partial charge in [0.2, 0.25) is 11.8 Å². The van der Waals surface area contributed by atoms with Crippen molar-refractivity contribution in [3.63, 3.8) is 0 Å². The third-order valence-corrected chi connectivity index (χ3v) is 3.77. The summed E-state index contributed by atoms with van der Waals surface area (Å²) in [6.07, 6.45) is 3.18. The van der Waals surface area contributed by atoms with E-state index < -0.39 is 6.04 Å². The Labute approximate surface area is 160 Å². The Morgan fingerprint density at radius 3 is 2.37 bits per heavy atom. The summed E-state index contributed by atoms with van der Waals surface area (Å²) in [6.45, 7) is 5.90. The van der Waals surface area contributed by atoms with E-state index in [-0.39, 0.29) is 17.9 Å². The van der Waals surface area contributed by atoms with Gasteiger partial charge < -0.3 is 15.4 Å². The van der Waals surface area contributed by atoms with Gasteiger partial charge in [-0.25, -0.2) is 0 Å². The lowest BCUT2D eigenvalue weighted by Crippen LogP contribution is -2.44. The molecule has 0 radical (unpaired) electrons. The van der Waals surface area contributed by atoms with Crippen LogP contribution in [-0.2, 0) is 16.1 Å². The number of benzene rings is 2. The van der Waals surface area contributed by atoms with Crippen LogP contribution >= 0.6 is 0 Å². The van der Waals surface area contributed by atoms with Crippen molar-refractivity contribution < 1.29 is 14.3 Å². The maximum atomic E-state index is 12.3. The molecule has 1 atom stereocenters. The van der Waals surface area contributed by atoms with Crippen LogP contribution < -0.4 is 15.4 Å². The molecule has 0 aliphatic heterocycles. The summed E-state index contributed by atoms with van der Waals surface area (Å²) in [5.74, 6) is 0.177. The highest BCUT2D eigenvalue weighted by Gasteiger charge is 2.15. The highest BCUT2D eigenvalue weighted by Crippen LogP contribution is 2.19. The molecule has 0 aliphatic rings. The molecule has 142 valence electrons. The van der Waals surface area contributed by atoms with Crippen LogP contribution in [0.4, 0.5) is 0 Å². The summed E-state index contributed by atoms with van der Waals surface area (Å²) in [5.41, 5.74) is 1.81. The summed E-state index contributed by atoms with van der Waals surface area (Å²) >= 11 is 0. The molecule has 0 fully saturated rings. The van der Waals surface area contributed by atoms with Gasteiger partial charge in [-0.2, -0.15) is 0 Å². The topological polar surface area (TPSA) is 67.4 Å². The van der Waals surface area contributed by atoms with E-state index in [4.69, 9.17) is 4.74 Å². The third-order valence-electron chi connectivity index (χ3n) is 3.77. The fourth-order valence-corrected chi connectivity index (χ4v) is 2.42. The zero-order chi connectivity index (χ0) is 19.6. The van der Waals surface area contributed by atoms with Gasteiger partial charge in [-0.15, -0.1) is 0 Å². The molecule has 1 unspecified atom stereocenters. The zero-order valence-electron chi connectivity index (χ0n) is 15.9. The summed E-state index contributed by atoms with van der Waals surface area (Å²) in [5, 5.41) is 5.50. The summed E-state index contributed by atoms with van der Waals surface area (Å²) in [7, 11) is 0. The van der Waals surface area contributed by atoms with Crippen LogP contribution in [0, 0.1) is 0 Å². The maximum Gasteiger partial charge on any atom is 0.244 e. The molecule has 2 aromatic carbocycles. The number of hydrogen-bond acceptors (Lipinski definition) is 3. The molecule has 0 spiro atoms. The van der Waals surface area contributed by atoms with Gasteiger partial charge in [-0.05, 0) is 38.5 Å². The van der Waals surface area contributed by atoms with Crippen LogP contribution in [0.2, 0.25) is 0 Å². The second-order valence-corrected chi connectivity index (χ2v) is 6.47. The fourth-order valence-electron chi connectivity index (χ4n) is 2.42. The normalized spacial score (nSPS) is 12.0. The minimum absolute atomic E-state index is 0.0523. The molecular weight excluding hydrogens is 340 g/mol. The van der Waals surface area contributed by atoms with Crippen molar-refractivity contribution in [1.82, 2.24) is 10.6 Å². The van der Waals surface area contributed by atoms with Crippen molar-refractivity contribution in [3.05, 3.63) is 71.8 Å². The van der Waals surface area contributed by atoms with Crippen LogP contribution in [0.3, 0.4) is 0 Å². The molecule has 0 bridgehead atoms. The molecule has 5 heteroatoms. The number of amides is 2. The molecule has 0 saturated carbocycles. The van der Waals surface area contributed by atoms with Gasteiger partial charge in [0.1, 0.15) is 11.8 Å². The van der Waals surface area contributed by atoms with E-state index >= 15 is 0 Å². The highest BCUT2D eigenvalue weighted by molar-refractivity contribution is 5.95. The quantitative estimate of drug-likeness (QED) is 0.705. The minimum Gasteiger partial charge on any atom is -0.491 e. The van der Waals surface area contributed by atoms with E-state index in [1.54, 1.807) is 13.0 Å². The number of carbonyl (C=O) groups is 2. The molecule has 2 N–H and O–H groups in total. The number of hydrogen-bond donors (Lipinski definition) is 2. The summed E-state index contributed by atoms with van der Waals surface area (Å²) in [6, 6.07) is 16.4. The van der Waals surface area contributed by atoms with E-state index in [0.29, 0.717) is 6.54 Å². The van der Waals surface area contributed by atoms with Gasteiger partial charge >= 0.3 is 0 Å². The van der Waals surface area contributed by atoms with Crippen molar-refractivity contribution in [2.45, 2.75) is 39.5 Å². The Hall–Kier alpha value is -3.08. The first-order valence-electron chi connectivity index (χ1n) is 9.01. The Morgan fingerprint density at radius 1 is 1.00 bits per heavy atom. The fraction of sp³-hybridized carbons (Fsp3) is 0.273. The zero-order valence-corrected chi connectivity index (χ0v) is 15.9. The largest absolute Gasteiger partial charge is 0.491 e. The first-order chi connectivity index (χ1) is 13.0. The predicted octanol–water partition coefficient (Wildman–Crippen LogP) is 3.31. The van der Waals surface area contributed by atoms with Crippen molar-refractivity contribution in [3.8, 4) is 5.75 Å². The molecule has 0 saturated heterocycles. The van der Waals surface area contributed by atoms with Gasteiger partial charge in [0.15, 0.2) is 0 Å². The third kappa shape index (κ3) is 6.98. The van der Waals surface area contributed by atoms with Crippen molar-refractivity contribution >= 4 is 17.9 Å². The molecule has 0 aromatic heterocycles. The monoisotopic (exact) mass is 366 g/mol. The molecule has 0 aliphatic carbocycles. The Kier molecular flexibility index (Phi) is 7.62. The first kappa shape index (κ1) is 20.2. The molecule has 2 aromatic rings. The summed E-state index contributed by atoms with van der Waals surface area (Å²) in [4.78, 5) is 24.3. The summed E-state index contributed by atoms with van der Waals surface area (Å²) < 4.78 is 5.75. The van der Waals surface area contributed by atoms with Crippen molar-refractivity contribution in [2.24, 2.45) is 0 Å². The number of carbonyl (C=O) groups excluding carboxylic acids is 2. The van der Waals surface area contributed by atoms with Crippen molar-refractivity contribution in [2.75, 3.05) is 0 Å². The molecular formula is C22H26N2O3. The average Bonchev–Trinajstić information content (AvgIpc) is 2.65. The standard InChI is InChI=1S/C22H26N2O3/c1-16(2)27-20-12-8-7-11-19(20)15-23-22(26)17(3)24-21(25)14-13-18-9-5-4-6-10-18/h4-14,16-17H,15H2,1-3H3,(H,23,26)(H,24,25). The van der Waals surface area contributed by atoms with Crippen LogP contribution in [0.25, 0.3) is 6.08 Å². The van der Waals surface area contributed by atoms with Crippen LogP contribution in [0.15, 0.2) is 60.7 Å². The van der Waals surface area contributed by atoms with Gasteiger partial charge in [0.25, 0.3) is 0 Å². The first-order valence-corrected chi connectivity index (χ1v) is 9.01. The van der Waals surface area contributed by atoms with E-state index in [2.05, 4.69) is 10.6 Å². The second kappa shape index (κ2) is 10.2. The van der Waals surface area contributed by atoms with Gasteiger partial charge in [-0.1, -0.05) is 48.5 Å². The van der Waals surface area contributed by atoms with Crippen LogP contribution in [0.5, 0.6) is 5.75 Å². The predicted molar refractivity (Wildman–Crippen MR) is 107 cm³/mol. The molecule has 2 rings (SSSR count). The number of nitrogens with one attached hydrogen (secondary N) is 2. The molecule has 27 heavy (non-hydrogen) atoms. The number of ether oxygens (including phenoxy) is 1. The van der Waals surface area contributed by atoms with E-state index in [1.807, 2.05) is 68.4 Å². The van der Waals surface area contributed by atoms with Gasteiger partial charge in [0, 0.05) is 18.2 Å². The highest BCUT2D eigenvalue weighted by atomic mass is 16.5. The minimum atomic E-state index is -0.642. The van der Waals surface area contributed by atoms with E-state index in [9.17, 15) is 9.59 Å². The van der Waals surface area contributed by atoms with Crippen LogP contribution in [0.1, 0.15) is 31.9 Å². The Morgan fingerprint density at radius 2 is 1.67 bits per heavy atom. The SMILES string of the molecule is CC(C)Oc1ccccc1CNC(=O)C(C)NC(=O)C=Cc1ccccc1. The smallest absolute Gasteiger partial charge is 0.244 e. The Bertz CT molecular complexity index is 785. The second-order valence-electron chi connectivity index (χ2n) is 6.47. The van der Waals surface area contributed by atoms with Gasteiger partial charge in [0.05, 0.1) is 6.10 Å². The number of rotatable bonds is 8. The lowest BCUT2D eigenvalue weighted by molar-refractivity contribution is -0.126. The molecule has 5 nitrogen and oxygen atoms in total. The maximum absolute atomic E-state index is 12.3. The lowest BCUT2D eigenvalue weighted by Gasteiger charge is -2.16. The molecule has 2 amide bonds. The Balaban J connectivity index is 1.85. The average molecular weight is 366 g/mol. The van der Waals surface area contributed by atoms with Gasteiger partial charge in [-0.3, -0.25) is 9.59 Å². The van der Waals surface area contributed by atoms with E-state index in [1.165, 1.54) is 6.08 Å². The molecule has 0 heterocycles.